The molecule has 0 aliphatic carbocycles. The minimum Gasteiger partial charge on any atom is -0.497 e. The second-order valence-electron chi connectivity index (χ2n) is 7.08. The van der Waals surface area contributed by atoms with Gasteiger partial charge in [-0.1, -0.05) is 24.3 Å². The Morgan fingerprint density at radius 2 is 1.50 bits per heavy atom. The Balaban J connectivity index is 1.40. The Morgan fingerprint density at radius 3 is 2.11 bits per heavy atom. The van der Waals surface area contributed by atoms with Crippen molar-refractivity contribution in [1.29, 1.82) is 0 Å². The molecule has 0 unspecified atom stereocenters. The number of carbonyl (C=O) groups is 1. The summed E-state index contributed by atoms with van der Waals surface area (Å²) >= 11 is 0. The first-order valence-electron chi connectivity index (χ1n) is 10.0. The first kappa shape index (κ1) is 20.2. The van der Waals surface area contributed by atoms with Crippen LogP contribution in [0, 0.1) is 0 Å². The molecule has 0 atom stereocenters. The molecule has 2 aromatic carbocycles. The number of ether oxygens (including phenoxy) is 2. The third kappa shape index (κ3) is 5.73. The minimum absolute atomic E-state index is 0.247. The molecule has 3 rings (SSSR count). The number of rotatable bonds is 8. The van der Waals surface area contributed by atoms with E-state index >= 15 is 0 Å². The summed E-state index contributed by atoms with van der Waals surface area (Å²) < 4.78 is 10.7. The van der Waals surface area contributed by atoms with Crippen molar-refractivity contribution in [2.45, 2.75) is 26.3 Å². The van der Waals surface area contributed by atoms with E-state index in [1.807, 2.05) is 48.2 Å². The van der Waals surface area contributed by atoms with E-state index in [-0.39, 0.29) is 5.91 Å². The van der Waals surface area contributed by atoms with Crippen molar-refractivity contribution in [3.05, 3.63) is 59.7 Å². The zero-order valence-electron chi connectivity index (χ0n) is 16.9. The van der Waals surface area contributed by atoms with Crippen LogP contribution in [0.5, 0.6) is 11.5 Å². The van der Waals surface area contributed by atoms with E-state index in [4.69, 9.17) is 9.47 Å². The summed E-state index contributed by atoms with van der Waals surface area (Å²) in [6.07, 6.45) is 1.33. The maximum Gasteiger partial charge on any atom is 0.222 e. The lowest BCUT2D eigenvalue weighted by molar-refractivity contribution is -0.133. The largest absolute Gasteiger partial charge is 0.497 e. The number of piperazine rings is 1. The standard InChI is InChI=1S/C23H30N2O3/c1-3-28-22-11-6-20(7-12-22)18-24-14-16-25(17-15-24)23(26)13-8-19-4-9-21(27-2)10-5-19/h4-7,9-12H,3,8,13-18H2,1-2H3. The van der Waals surface area contributed by atoms with E-state index in [1.165, 1.54) is 11.1 Å². The highest BCUT2D eigenvalue weighted by atomic mass is 16.5. The fourth-order valence-electron chi connectivity index (χ4n) is 3.47. The second-order valence-corrected chi connectivity index (χ2v) is 7.08. The Morgan fingerprint density at radius 1 is 0.893 bits per heavy atom. The number of hydrogen-bond donors (Lipinski definition) is 0. The molecule has 28 heavy (non-hydrogen) atoms. The van der Waals surface area contributed by atoms with Crippen LogP contribution in [0.2, 0.25) is 0 Å². The molecule has 0 bridgehead atoms. The minimum atomic E-state index is 0.247. The molecule has 5 nitrogen and oxygen atoms in total. The summed E-state index contributed by atoms with van der Waals surface area (Å²) in [6, 6.07) is 16.2. The van der Waals surface area contributed by atoms with Gasteiger partial charge in [0.05, 0.1) is 13.7 Å². The summed E-state index contributed by atoms with van der Waals surface area (Å²) in [6.45, 7) is 7.04. The summed E-state index contributed by atoms with van der Waals surface area (Å²) in [4.78, 5) is 16.9. The van der Waals surface area contributed by atoms with Gasteiger partial charge in [-0.15, -0.1) is 0 Å². The van der Waals surface area contributed by atoms with Gasteiger partial charge in [-0.05, 0) is 48.7 Å². The van der Waals surface area contributed by atoms with E-state index in [1.54, 1.807) is 7.11 Å². The van der Waals surface area contributed by atoms with Crippen LogP contribution >= 0.6 is 0 Å². The lowest BCUT2D eigenvalue weighted by Gasteiger charge is -2.35. The predicted octanol–water partition coefficient (Wildman–Crippen LogP) is 3.37. The topological polar surface area (TPSA) is 42.0 Å². The Bertz CT molecular complexity index is 735. The van der Waals surface area contributed by atoms with Gasteiger partial charge in [-0.25, -0.2) is 0 Å². The molecule has 1 heterocycles. The molecule has 1 fully saturated rings. The molecule has 1 amide bonds. The maximum atomic E-state index is 12.5. The first-order valence-corrected chi connectivity index (χ1v) is 10.0. The van der Waals surface area contributed by atoms with Crippen LogP contribution in [0.4, 0.5) is 0 Å². The molecule has 0 spiro atoms. The number of methoxy groups -OCH3 is 1. The molecule has 0 radical (unpaired) electrons. The summed E-state index contributed by atoms with van der Waals surface area (Å²) in [5, 5.41) is 0. The van der Waals surface area contributed by atoms with Gasteiger partial charge in [0.1, 0.15) is 11.5 Å². The monoisotopic (exact) mass is 382 g/mol. The lowest BCUT2D eigenvalue weighted by atomic mass is 10.1. The predicted molar refractivity (Wildman–Crippen MR) is 111 cm³/mol. The number of amides is 1. The highest BCUT2D eigenvalue weighted by Crippen LogP contribution is 2.16. The fourth-order valence-corrected chi connectivity index (χ4v) is 3.47. The van der Waals surface area contributed by atoms with E-state index < -0.39 is 0 Å². The SMILES string of the molecule is CCOc1ccc(CN2CCN(C(=O)CCc3ccc(OC)cc3)CC2)cc1. The normalized spacial score (nSPS) is 14.7. The third-order valence-corrected chi connectivity index (χ3v) is 5.15. The van der Waals surface area contributed by atoms with Gasteiger partial charge in [0.25, 0.3) is 0 Å². The summed E-state index contributed by atoms with van der Waals surface area (Å²) in [5.41, 5.74) is 2.45. The van der Waals surface area contributed by atoms with Crippen LogP contribution in [-0.2, 0) is 17.8 Å². The van der Waals surface area contributed by atoms with E-state index in [0.717, 1.165) is 50.6 Å². The fraction of sp³-hybridized carbons (Fsp3) is 0.435. The quantitative estimate of drug-likeness (QED) is 0.702. The van der Waals surface area contributed by atoms with Gasteiger partial charge in [0.15, 0.2) is 0 Å². The van der Waals surface area contributed by atoms with E-state index in [2.05, 4.69) is 17.0 Å². The Hall–Kier alpha value is -2.53. The van der Waals surface area contributed by atoms with Crippen molar-refractivity contribution in [2.75, 3.05) is 39.9 Å². The first-order chi connectivity index (χ1) is 13.7. The smallest absolute Gasteiger partial charge is 0.222 e. The molecule has 1 saturated heterocycles. The zero-order chi connectivity index (χ0) is 19.8. The van der Waals surface area contributed by atoms with Crippen molar-refractivity contribution in [3.8, 4) is 11.5 Å². The molecule has 1 aliphatic heterocycles. The molecule has 150 valence electrons. The van der Waals surface area contributed by atoms with Gasteiger partial charge in [-0.2, -0.15) is 0 Å². The van der Waals surface area contributed by atoms with Crippen molar-refractivity contribution in [3.63, 3.8) is 0 Å². The summed E-state index contributed by atoms with van der Waals surface area (Å²) in [7, 11) is 1.66. The van der Waals surface area contributed by atoms with Crippen molar-refractivity contribution < 1.29 is 14.3 Å². The van der Waals surface area contributed by atoms with Crippen LogP contribution in [0.1, 0.15) is 24.5 Å². The maximum absolute atomic E-state index is 12.5. The number of carbonyl (C=O) groups excluding carboxylic acids is 1. The van der Waals surface area contributed by atoms with Crippen LogP contribution in [0.3, 0.4) is 0 Å². The van der Waals surface area contributed by atoms with Crippen molar-refractivity contribution in [2.24, 2.45) is 0 Å². The molecular weight excluding hydrogens is 352 g/mol. The van der Waals surface area contributed by atoms with E-state index in [0.29, 0.717) is 13.0 Å². The molecule has 0 saturated carbocycles. The number of nitrogens with zero attached hydrogens (tertiary/aromatic N) is 2. The number of benzene rings is 2. The van der Waals surface area contributed by atoms with Crippen molar-refractivity contribution >= 4 is 5.91 Å². The molecular formula is C23H30N2O3. The third-order valence-electron chi connectivity index (χ3n) is 5.15. The average Bonchev–Trinajstić information content (AvgIpc) is 2.74. The lowest BCUT2D eigenvalue weighted by Crippen LogP contribution is -2.48. The Kier molecular flexibility index (Phi) is 7.31. The molecule has 2 aromatic rings. The highest BCUT2D eigenvalue weighted by Gasteiger charge is 2.20. The van der Waals surface area contributed by atoms with Gasteiger partial charge in [0, 0.05) is 39.1 Å². The number of hydrogen-bond acceptors (Lipinski definition) is 4. The van der Waals surface area contributed by atoms with Gasteiger partial charge in [0.2, 0.25) is 5.91 Å². The van der Waals surface area contributed by atoms with Crippen LogP contribution in [-0.4, -0.2) is 55.6 Å². The second kappa shape index (κ2) is 10.1. The molecule has 5 heteroatoms. The van der Waals surface area contributed by atoms with Gasteiger partial charge >= 0.3 is 0 Å². The highest BCUT2D eigenvalue weighted by molar-refractivity contribution is 5.76. The molecule has 1 aliphatic rings. The van der Waals surface area contributed by atoms with Gasteiger partial charge < -0.3 is 14.4 Å². The molecule has 0 N–H and O–H groups in total. The van der Waals surface area contributed by atoms with Crippen LogP contribution in [0.25, 0.3) is 0 Å². The summed E-state index contributed by atoms with van der Waals surface area (Å²) in [5.74, 6) is 2.01. The van der Waals surface area contributed by atoms with Crippen LogP contribution < -0.4 is 9.47 Å². The van der Waals surface area contributed by atoms with Gasteiger partial charge in [-0.3, -0.25) is 9.69 Å². The van der Waals surface area contributed by atoms with Crippen LogP contribution in [0.15, 0.2) is 48.5 Å². The van der Waals surface area contributed by atoms with Crippen molar-refractivity contribution in [1.82, 2.24) is 9.80 Å². The number of aryl methyl sites for hydroxylation is 1. The Labute approximate surface area is 167 Å². The average molecular weight is 383 g/mol. The zero-order valence-corrected chi connectivity index (χ0v) is 16.9. The van der Waals surface area contributed by atoms with E-state index in [9.17, 15) is 4.79 Å². The molecule has 0 aromatic heterocycles.